The first-order valence-electron chi connectivity index (χ1n) is 14.5. The Labute approximate surface area is 247 Å². The molecule has 5 atom stereocenters. The first-order chi connectivity index (χ1) is 19.9. The van der Waals surface area contributed by atoms with Gasteiger partial charge in [0.05, 0.1) is 17.1 Å². The van der Waals surface area contributed by atoms with Gasteiger partial charge in [-0.1, -0.05) is 63.8 Å². The van der Waals surface area contributed by atoms with Crippen LogP contribution in [-0.4, -0.2) is 58.4 Å². The molecule has 0 bridgehead atoms. The van der Waals surface area contributed by atoms with Crippen molar-refractivity contribution < 1.29 is 23.9 Å². The maximum atomic E-state index is 13.2. The van der Waals surface area contributed by atoms with Gasteiger partial charge < -0.3 is 15.4 Å². The zero-order chi connectivity index (χ0) is 31.0. The molecule has 3 rings (SSSR count). The van der Waals surface area contributed by atoms with Gasteiger partial charge in [0.25, 0.3) is 5.91 Å². The van der Waals surface area contributed by atoms with Crippen molar-refractivity contribution in [3.8, 4) is 0 Å². The van der Waals surface area contributed by atoms with Crippen molar-refractivity contribution in [1.82, 2.24) is 26.1 Å². The first kappa shape index (κ1) is 32.5. The summed E-state index contributed by atoms with van der Waals surface area (Å²) >= 11 is 0. The van der Waals surface area contributed by atoms with Crippen LogP contribution in [0.2, 0.25) is 0 Å². The summed E-state index contributed by atoms with van der Waals surface area (Å²) in [5.74, 6) is -2.17. The molecular formula is C32H43N5O5. The lowest BCUT2D eigenvalue weighted by Gasteiger charge is -2.35. The highest BCUT2D eigenvalue weighted by Gasteiger charge is 2.34. The summed E-state index contributed by atoms with van der Waals surface area (Å²) in [5.41, 5.74) is 5.31. The fourth-order valence-electron chi connectivity index (χ4n) is 4.73. The standard InChI is InChI=1S/C32H43N5O5/c1-8-11-20(5)29(38)35-28(19(3)4)30(39)33-21(6)31(40)37-17-10-12-26(36-37)32(41)42-22(7)25-16-15-24-14-13-23(9-2)18-27(24)34-25/h8-9,11,13-16,18-22,26,28,36H,2,10,12,17H2,1,3-7H3,(H,33,39)(H,35,38)/b11-8+/t20-,21?,22+,26?,28?/m0/s1. The number of aromatic nitrogens is 1. The van der Waals surface area contributed by atoms with Crippen molar-refractivity contribution in [2.75, 3.05) is 6.54 Å². The second kappa shape index (κ2) is 14.7. The van der Waals surface area contributed by atoms with Crippen LogP contribution in [0.3, 0.4) is 0 Å². The first-order valence-corrected chi connectivity index (χ1v) is 14.5. The fraction of sp³-hybridized carbons (Fsp3) is 0.469. The summed E-state index contributed by atoms with van der Waals surface area (Å²) in [6.07, 6.45) is 5.76. The van der Waals surface area contributed by atoms with Gasteiger partial charge in [0.15, 0.2) is 0 Å². The Morgan fingerprint density at radius 1 is 1.07 bits per heavy atom. The van der Waals surface area contributed by atoms with Crippen LogP contribution in [0.1, 0.15) is 71.7 Å². The molecule has 1 aliphatic rings. The number of ether oxygens (including phenoxy) is 1. The fourth-order valence-corrected chi connectivity index (χ4v) is 4.73. The predicted octanol–water partition coefficient (Wildman–Crippen LogP) is 3.84. The second-order valence-corrected chi connectivity index (χ2v) is 11.1. The molecule has 1 fully saturated rings. The highest BCUT2D eigenvalue weighted by Crippen LogP contribution is 2.22. The minimum absolute atomic E-state index is 0.190. The largest absolute Gasteiger partial charge is 0.455 e. The number of carbonyl (C=O) groups excluding carboxylic acids is 4. The van der Waals surface area contributed by atoms with Crippen LogP contribution in [0.25, 0.3) is 17.0 Å². The maximum absolute atomic E-state index is 13.2. The van der Waals surface area contributed by atoms with E-state index in [9.17, 15) is 19.2 Å². The van der Waals surface area contributed by atoms with Crippen LogP contribution in [-0.2, 0) is 23.9 Å². The van der Waals surface area contributed by atoms with Gasteiger partial charge in [-0.3, -0.25) is 24.2 Å². The van der Waals surface area contributed by atoms with Gasteiger partial charge in [-0.05, 0) is 57.2 Å². The number of hydrogen-bond acceptors (Lipinski definition) is 7. The molecule has 10 heteroatoms. The van der Waals surface area contributed by atoms with Crippen LogP contribution < -0.4 is 16.1 Å². The summed E-state index contributed by atoms with van der Waals surface area (Å²) in [6.45, 7) is 14.7. The molecule has 42 heavy (non-hydrogen) atoms. The van der Waals surface area contributed by atoms with Gasteiger partial charge in [-0.25, -0.2) is 10.4 Å². The molecule has 10 nitrogen and oxygen atoms in total. The van der Waals surface area contributed by atoms with E-state index in [4.69, 9.17) is 4.74 Å². The summed E-state index contributed by atoms with van der Waals surface area (Å²) in [5, 5.41) is 7.83. The number of pyridine rings is 1. The van der Waals surface area contributed by atoms with E-state index < -0.39 is 36.1 Å². The molecule has 226 valence electrons. The molecule has 1 aromatic heterocycles. The number of nitrogens with zero attached hydrogens (tertiary/aromatic N) is 2. The van der Waals surface area contributed by atoms with E-state index in [2.05, 4.69) is 27.6 Å². The number of benzene rings is 1. The molecule has 3 unspecified atom stereocenters. The van der Waals surface area contributed by atoms with E-state index in [1.165, 1.54) is 5.01 Å². The number of amides is 3. The Morgan fingerprint density at radius 3 is 2.45 bits per heavy atom. The minimum atomic E-state index is -0.882. The van der Waals surface area contributed by atoms with E-state index >= 15 is 0 Å². The average Bonchev–Trinajstić information content (AvgIpc) is 2.98. The number of allylic oxidation sites excluding steroid dienone is 1. The van der Waals surface area contributed by atoms with E-state index in [1.807, 2.05) is 51.1 Å². The number of esters is 1. The lowest BCUT2D eigenvalue weighted by molar-refractivity contribution is -0.157. The lowest BCUT2D eigenvalue weighted by Crippen LogP contribution is -2.61. The predicted molar refractivity (Wildman–Crippen MR) is 163 cm³/mol. The number of nitrogens with one attached hydrogen (secondary N) is 3. The van der Waals surface area contributed by atoms with Crippen molar-refractivity contribution in [1.29, 1.82) is 0 Å². The van der Waals surface area contributed by atoms with Crippen molar-refractivity contribution in [3.05, 3.63) is 60.3 Å². The normalized spacial score (nSPS) is 18.3. The quantitative estimate of drug-likeness (QED) is 0.273. The van der Waals surface area contributed by atoms with Crippen LogP contribution in [0.4, 0.5) is 0 Å². The molecule has 1 aliphatic heterocycles. The van der Waals surface area contributed by atoms with E-state index in [1.54, 1.807) is 39.0 Å². The summed E-state index contributed by atoms with van der Waals surface area (Å²) in [7, 11) is 0. The summed E-state index contributed by atoms with van der Waals surface area (Å²) in [6, 6.07) is 7.20. The lowest BCUT2D eigenvalue weighted by atomic mass is 10.0. The summed E-state index contributed by atoms with van der Waals surface area (Å²) < 4.78 is 5.73. The average molecular weight is 578 g/mol. The van der Waals surface area contributed by atoms with Crippen LogP contribution >= 0.6 is 0 Å². The molecule has 1 aromatic carbocycles. The van der Waals surface area contributed by atoms with Crippen molar-refractivity contribution >= 4 is 40.7 Å². The number of rotatable bonds is 11. The smallest absolute Gasteiger partial charge is 0.325 e. The van der Waals surface area contributed by atoms with Gasteiger partial charge in [0.2, 0.25) is 11.8 Å². The molecular weight excluding hydrogens is 534 g/mol. The van der Waals surface area contributed by atoms with Gasteiger partial charge in [0.1, 0.15) is 24.2 Å². The maximum Gasteiger partial charge on any atom is 0.325 e. The molecule has 0 spiro atoms. The van der Waals surface area contributed by atoms with Crippen molar-refractivity contribution in [2.45, 2.75) is 78.6 Å². The summed E-state index contributed by atoms with van der Waals surface area (Å²) in [4.78, 5) is 56.4. The third-order valence-electron chi connectivity index (χ3n) is 7.29. The molecule has 1 saturated heterocycles. The number of hydrazine groups is 1. The van der Waals surface area contributed by atoms with Crippen LogP contribution in [0.15, 0.2) is 49.1 Å². The molecule has 0 aliphatic carbocycles. The van der Waals surface area contributed by atoms with E-state index in [0.717, 1.165) is 16.5 Å². The molecule has 2 aromatic rings. The topological polar surface area (TPSA) is 130 Å². The number of carbonyl (C=O) groups is 4. The monoisotopic (exact) mass is 577 g/mol. The Hall–Kier alpha value is -4.05. The third kappa shape index (κ3) is 8.25. The highest BCUT2D eigenvalue weighted by atomic mass is 16.5. The molecule has 0 radical (unpaired) electrons. The number of fused-ring (bicyclic) bond motifs is 1. The SMILES string of the molecule is C=Cc1ccc2ccc([C@@H](C)OC(=O)C3CCCN(C(=O)C(C)NC(=O)C(NC(=O)[C@@H](C)/C=C/C)C(C)C)N3)nc2c1. The van der Waals surface area contributed by atoms with Gasteiger partial charge in [-0.15, -0.1) is 0 Å². The zero-order valence-corrected chi connectivity index (χ0v) is 25.3. The minimum Gasteiger partial charge on any atom is -0.455 e. The van der Waals surface area contributed by atoms with Gasteiger partial charge in [0, 0.05) is 11.9 Å². The Kier molecular flexibility index (Phi) is 11.4. The molecule has 0 saturated carbocycles. The van der Waals surface area contributed by atoms with E-state index in [0.29, 0.717) is 25.1 Å². The zero-order valence-electron chi connectivity index (χ0n) is 25.3. The molecule has 2 heterocycles. The Morgan fingerprint density at radius 2 is 1.79 bits per heavy atom. The van der Waals surface area contributed by atoms with E-state index in [-0.39, 0.29) is 23.7 Å². The van der Waals surface area contributed by atoms with Crippen LogP contribution in [0.5, 0.6) is 0 Å². The third-order valence-corrected chi connectivity index (χ3v) is 7.29. The molecule has 3 amide bonds. The Balaban J connectivity index is 1.59. The highest BCUT2D eigenvalue weighted by molar-refractivity contribution is 5.92. The van der Waals surface area contributed by atoms with Crippen molar-refractivity contribution in [2.24, 2.45) is 11.8 Å². The van der Waals surface area contributed by atoms with Gasteiger partial charge in [-0.2, -0.15) is 0 Å². The van der Waals surface area contributed by atoms with Crippen LogP contribution in [0, 0.1) is 11.8 Å². The van der Waals surface area contributed by atoms with Gasteiger partial charge >= 0.3 is 5.97 Å². The molecule has 3 N–H and O–H groups in total. The Bertz CT molecular complexity index is 1340. The number of hydrogen-bond donors (Lipinski definition) is 3. The van der Waals surface area contributed by atoms with Crippen molar-refractivity contribution in [3.63, 3.8) is 0 Å². The second-order valence-electron chi connectivity index (χ2n) is 11.1.